The molecule has 1 heterocycles. The molecule has 3 aliphatic rings. The summed E-state index contributed by atoms with van der Waals surface area (Å²) in [5.74, 6) is 1.58. The zero-order chi connectivity index (χ0) is 20.0. The SMILES string of the molecule is COC(=O)c1ccc(C2C(c3ccccc3)=CC3=C2CCC(C2(C)CCC2)C3)o1. The van der Waals surface area contributed by atoms with Crippen LogP contribution in [0.2, 0.25) is 0 Å². The van der Waals surface area contributed by atoms with Gasteiger partial charge in [-0.3, -0.25) is 0 Å². The maximum absolute atomic E-state index is 11.9. The number of rotatable bonds is 4. The first-order valence-electron chi connectivity index (χ1n) is 10.8. The average Bonchev–Trinajstić information content (AvgIpc) is 3.36. The minimum absolute atomic E-state index is 0.0981. The van der Waals surface area contributed by atoms with E-state index in [1.807, 2.05) is 6.07 Å². The fourth-order valence-electron chi connectivity index (χ4n) is 5.59. The summed E-state index contributed by atoms with van der Waals surface area (Å²) < 4.78 is 10.8. The van der Waals surface area contributed by atoms with Gasteiger partial charge in [-0.1, -0.05) is 55.3 Å². The predicted molar refractivity (Wildman–Crippen MR) is 114 cm³/mol. The molecule has 3 heteroatoms. The molecule has 29 heavy (non-hydrogen) atoms. The van der Waals surface area contributed by atoms with Gasteiger partial charge in [0.1, 0.15) is 5.76 Å². The molecule has 150 valence electrons. The normalized spacial score (nSPS) is 25.2. The van der Waals surface area contributed by atoms with Gasteiger partial charge >= 0.3 is 5.97 Å². The summed E-state index contributed by atoms with van der Waals surface area (Å²) in [4.78, 5) is 11.9. The van der Waals surface area contributed by atoms with Crippen LogP contribution in [0.5, 0.6) is 0 Å². The highest BCUT2D eigenvalue weighted by Crippen LogP contribution is 2.57. The third-order valence-electron chi connectivity index (χ3n) is 7.52. The van der Waals surface area contributed by atoms with Gasteiger partial charge in [0.25, 0.3) is 0 Å². The van der Waals surface area contributed by atoms with Crippen molar-refractivity contribution in [2.45, 2.75) is 51.4 Å². The Morgan fingerprint density at radius 2 is 1.93 bits per heavy atom. The first-order valence-corrected chi connectivity index (χ1v) is 10.8. The van der Waals surface area contributed by atoms with E-state index >= 15 is 0 Å². The molecule has 3 aliphatic carbocycles. The van der Waals surface area contributed by atoms with E-state index in [9.17, 15) is 4.79 Å². The van der Waals surface area contributed by atoms with Crippen LogP contribution in [0.3, 0.4) is 0 Å². The number of furan rings is 1. The van der Waals surface area contributed by atoms with E-state index in [0.717, 1.165) is 18.1 Å². The van der Waals surface area contributed by atoms with Crippen LogP contribution in [-0.4, -0.2) is 13.1 Å². The lowest BCUT2D eigenvalue weighted by Gasteiger charge is -2.47. The van der Waals surface area contributed by atoms with Crippen LogP contribution in [0, 0.1) is 11.3 Å². The van der Waals surface area contributed by atoms with Crippen LogP contribution >= 0.6 is 0 Å². The van der Waals surface area contributed by atoms with Gasteiger partial charge in [-0.2, -0.15) is 0 Å². The molecule has 0 bridgehead atoms. The summed E-state index contributed by atoms with van der Waals surface area (Å²) in [5.41, 5.74) is 6.03. The lowest BCUT2D eigenvalue weighted by molar-refractivity contribution is 0.0562. The van der Waals surface area contributed by atoms with Crippen molar-refractivity contribution in [3.8, 4) is 0 Å². The minimum atomic E-state index is -0.421. The van der Waals surface area contributed by atoms with Crippen LogP contribution < -0.4 is 0 Å². The quantitative estimate of drug-likeness (QED) is 0.559. The Labute approximate surface area is 172 Å². The van der Waals surface area contributed by atoms with Crippen LogP contribution in [0.1, 0.15) is 73.2 Å². The Morgan fingerprint density at radius 3 is 2.62 bits per heavy atom. The standard InChI is InChI=1S/C26H28O3/c1-26(13-6-14-26)19-9-10-20-18(15-19)16-21(17-7-4-3-5-8-17)24(20)22-11-12-23(29-22)25(27)28-2/h3-5,7-8,11-12,16,19,24H,6,9-10,13-15H2,1-2H3. The fraction of sp³-hybridized carbons (Fsp3) is 0.423. The zero-order valence-corrected chi connectivity index (χ0v) is 17.2. The lowest BCUT2D eigenvalue weighted by Crippen LogP contribution is -2.35. The summed E-state index contributed by atoms with van der Waals surface area (Å²) in [5, 5.41) is 0. The zero-order valence-electron chi connectivity index (χ0n) is 17.2. The number of hydrogen-bond donors (Lipinski definition) is 0. The molecular formula is C26H28O3. The largest absolute Gasteiger partial charge is 0.463 e. The van der Waals surface area contributed by atoms with E-state index in [-0.39, 0.29) is 11.7 Å². The smallest absolute Gasteiger partial charge is 0.373 e. The van der Waals surface area contributed by atoms with Crippen LogP contribution in [0.4, 0.5) is 0 Å². The first-order chi connectivity index (χ1) is 14.1. The molecule has 1 aromatic heterocycles. The van der Waals surface area contributed by atoms with Gasteiger partial charge in [0.15, 0.2) is 0 Å². The molecule has 0 N–H and O–H groups in total. The molecule has 0 amide bonds. The van der Waals surface area contributed by atoms with E-state index in [1.54, 1.807) is 6.07 Å². The second-order valence-corrected chi connectivity index (χ2v) is 9.09. The second-order valence-electron chi connectivity index (χ2n) is 9.09. The van der Waals surface area contributed by atoms with Crippen molar-refractivity contribution in [2.24, 2.45) is 11.3 Å². The molecule has 0 aliphatic heterocycles. The highest BCUT2D eigenvalue weighted by molar-refractivity contribution is 5.87. The average molecular weight is 389 g/mol. The van der Waals surface area contributed by atoms with Crippen LogP contribution in [0.25, 0.3) is 5.57 Å². The molecule has 5 rings (SSSR count). The van der Waals surface area contributed by atoms with Gasteiger partial charge in [0.05, 0.1) is 13.0 Å². The molecule has 0 spiro atoms. The van der Waals surface area contributed by atoms with Crippen molar-refractivity contribution in [1.82, 2.24) is 0 Å². The Balaban J connectivity index is 1.53. The predicted octanol–water partition coefficient (Wildman–Crippen LogP) is 6.53. The Bertz CT molecular complexity index is 988. The van der Waals surface area contributed by atoms with E-state index in [4.69, 9.17) is 9.15 Å². The highest BCUT2D eigenvalue weighted by atomic mass is 16.5. The molecule has 1 fully saturated rings. The Hall–Kier alpha value is -2.55. The summed E-state index contributed by atoms with van der Waals surface area (Å²) in [6.07, 6.45) is 10.1. The van der Waals surface area contributed by atoms with Gasteiger partial charge < -0.3 is 9.15 Å². The number of methoxy groups -OCH3 is 1. The molecule has 3 nitrogen and oxygen atoms in total. The number of esters is 1. The molecule has 2 atom stereocenters. The van der Waals surface area contributed by atoms with Gasteiger partial charge in [-0.25, -0.2) is 4.79 Å². The second kappa shape index (κ2) is 7.05. The third-order valence-corrected chi connectivity index (χ3v) is 7.52. The van der Waals surface area contributed by atoms with Crippen molar-refractivity contribution < 1.29 is 13.9 Å². The van der Waals surface area contributed by atoms with Gasteiger partial charge in [-0.05, 0) is 72.3 Å². The van der Waals surface area contributed by atoms with E-state index in [0.29, 0.717) is 5.41 Å². The molecule has 1 aromatic carbocycles. The summed E-state index contributed by atoms with van der Waals surface area (Å²) in [6, 6.07) is 14.3. The topological polar surface area (TPSA) is 39.4 Å². The number of carbonyl (C=O) groups excluding carboxylic acids is 1. The number of allylic oxidation sites excluding steroid dienone is 4. The summed E-state index contributed by atoms with van der Waals surface area (Å²) in [7, 11) is 1.39. The number of hydrogen-bond acceptors (Lipinski definition) is 3. The van der Waals surface area contributed by atoms with Crippen molar-refractivity contribution in [1.29, 1.82) is 0 Å². The van der Waals surface area contributed by atoms with E-state index in [2.05, 4.69) is 43.3 Å². The number of carbonyl (C=O) groups is 1. The molecule has 0 saturated heterocycles. The molecule has 0 radical (unpaired) electrons. The molecule has 2 aromatic rings. The van der Waals surface area contributed by atoms with Crippen molar-refractivity contribution >= 4 is 11.5 Å². The Morgan fingerprint density at radius 1 is 1.14 bits per heavy atom. The molecular weight excluding hydrogens is 360 g/mol. The molecule has 2 unspecified atom stereocenters. The van der Waals surface area contributed by atoms with Gasteiger partial charge in [-0.15, -0.1) is 0 Å². The first kappa shape index (κ1) is 18.5. The Kier molecular flexibility index (Phi) is 4.49. The maximum Gasteiger partial charge on any atom is 0.373 e. The summed E-state index contributed by atoms with van der Waals surface area (Å²) in [6.45, 7) is 2.48. The third kappa shape index (κ3) is 3.08. The van der Waals surface area contributed by atoms with E-state index in [1.165, 1.54) is 61.5 Å². The monoisotopic (exact) mass is 388 g/mol. The summed E-state index contributed by atoms with van der Waals surface area (Å²) >= 11 is 0. The molecule has 1 saturated carbocycles. The maximum atomic E-state index is 11.9. The van der Waals surface area contributed by atoms with E-state index < -0.39 is 5.97 Å². The van der Waals surface area contributed by atoms with Crippen molar-refractivity contribution in [3.63, 3.8) is 0 Å². The minimum Gasteiger partial charge on any atom is -0.463 e. The highest BCUT2D eigenvalue weighted by Gasteiger charge is 2.43. The van der Waals surface area contributed by atoms with Crippen molar-refractivity contribution in [2.75, 3.05) is 7.11 Å². The van der Waals surface area contributed by atoms with Gasteiger partial charge in [0, 0.05) is 0 Å². The fourth-order valence-corrected chi connectivity index (χ4v) is 5.59. The van der Waals surface area contributed by atoms with Crippen LogP contribution in [-0.2, 0) is 4.74 Å². The number of benzene rings is 1. The van der Waals surface area contributed by atoms with Crippen molar-refractivity contribution in [3.05, 3.63) is 76.8 Å². The van der Waals surface area contributed by atoms with Crippen LogP contribution in [0.15, 0.2) is 64.1 Å². The lowest BCUT2D eigenvalue weighted by atomic mass is 9.58. The number of ether oxygens (including phenoxy) is 1. The van der Waals surface area contributed by atoms with Gasteiger partial charge in [0.2, 0.25) is 5.76 Å².